The third kappa shape index (κ3) is 3.00. The molecular weight excluding hydrogens is 468 g/mol. The van der Waals surface area contributed by atoms with Gasteiger partial charge in [-0.15, -0.1) is 0 Å². The number of para-hydroxylation sites is 1. The van der Waals surface area contributed by atoms with E-state index in [0.717, 1.165) is 43.9 Å². The number of hydrogen-bond acceptors (Lipinski definition) is 5. The maximum Gasteiger partial charge on any atom is 0.226 e. The molecule has 0 aliphatic carbocycles. The molecule has 158 valence electrons. The van der Waals surface area contributed by atoms with Crippen LogP contribution >= 0.6 is 15.9 Å². The third-order valence-corrected chi connectivity index (χ3v) is 6.45. The van der Waals surface area contributed by atoms with Gasteiger partial charge in [0, 0.05) is 15.6 Å². The van der Waals surface area contributed by atoms with Crippen LogP contribution in [0.3, 0.4) is 0 Å². The lowest BCUT2D eigenvalue weighted by atomic mass is 9.84. The molecule has 7 heteroatoms. The molecule has 3 heterocycles. The highest BCUT2D eigenvalue weighted by atomic mass is 79.9. The second kappa shape index (κ2) is 7.53. The minimum absolute atomic E-state index is 0.184. The summed E-state index contributed by atoms with van der Waals surface area (Å²) in [5, 5.41) is 8.08. The maximum atomic E-state index is 6.62. The Hall–Kier alpha value is -3.58. The lowest BCUT2D eigenvalue weighted by molar-refractivity contribution is 0.223. The number of hydrogen-bond donors (Lipinski definition) is 1. The number of anilines is 1. The number of nitrogens with one attached hydrogen (secondary N) is 1. The average Bonchev–Trinajstić information content (AvgIpc) is 3.31. The van der Waals surface area contributed by atoms with Crippen LogP contribution in [0, 0.1) is 0 Å². The van der Waals surface area contributed by atoms with Gasteiger partial charge in [0.25, 0.3) is 0 Å². The van der Waals surface area contributed by atoms with Gasteiger partial charge < -0.3 is 14.8 Å². The SMILES string of the molecule is COc1ccc([C@@H]2C3=C(Nc4ncnn42)c2ccccc2O[C@@H]3c2ccc(Br)cc2)cc1. The van der Waals surface area contributed by atoms with E-state index in [0.29, 0.717) is 5.95 Å². The van der Waals surface area contributed by atoms with E-state index in [1.165, 1.54) is 0 Å². The number of fused-ring (bicyclic) bond motifs is 3. The Bertz CT molecular complexity index is 1330. The molecule has 0 radical (unpaired) electrons. The number of benzene rings is 3. The molecule has 4 aromatic rings. The monoisotopic (exact) mass is 486 g/mol. The molecule has 0 bridgehead atoms. The Morgan fingerprint density at radius 3 is 2.50 bits per heavy atom. The van der Waals surface area contributed by atoms with Crippen LogP contribution in [-0.2, 0) is 0 Å². The van der Waals surface area contributed by atoms with Crippen LogP contribution in [-0.4, -0.2) is 21.9 Å². The van der Waals surface area contributed by atoms with Crippen molar-refractivity contribution in [2.45, 2.75) is 12.1 Å². The number of ether oxygens (including phenoxy) is 2. The minimum Gasteiger partial charge on any atom is -0.497 e. The average molecular weight is 487 g/mol. The maximum absolute atomic E-state index is 6.62. The second-order valence-corrected chi connectivity index (χ2v) is 8.62. The Labute approximate surface area is 193 Å². The summed E-state index contributed by atoms with van der Waals surface area (Å²) >= 11 is 3.54. The van der Waals surface area contributed by atoms with Crippen LogP contribution in [0.4, 0.5) is 5.95 Å². The summed E-state index contributed by atoms with van der Waals surface area (Å²) in [6.45, 7) is 0. The fourth-order valence-electron chi connectivity index (χ4n) is 4.44. The van der Waals surface area contributed by atoms with Crippen molar-refractivity contribution in [3.8, 4) is 11.5 Å². The molecule has 0 amide bonds. The van der Waals surface area contributed by atoms with Crippen molar-refractivity contribution in [3.05, 3.63) is 106 Å². The van der Waals surface area contributed by atoms with E-state index in [1.54, 1.807) is 13.4 Å². The zero-order valence-corrected chi connectivity index (χ0v) is 18.8. The Kier molecular flexibility index (Phi) is 4.50. The van der Waals surface area contributed by atoms with Crippen molar-refractivity contribution >= 4 is 27.6 Å². The molecular formula is C25H19BrN4O2. The van der Waals surface area contributed by atoms with E-state index < -0.39 is 0 Å². The number of methoxy groups -OCH3 is 1. The predicted molar refractivity (Wildman–Crippen MR) is 126 cm³/mol. The fourth-order valence-corrected chi connectivity index (χ4v) is 4.70. The first-order valence-electron chi connectivity index (χ1n) is 10.3. The van der Waals surface area contributed by atoms with E-state index >= 15 is 0 Å². The van der Waals surface area contributed by atoms with Gasteiger partial charge in [0.15, 0.2) is 0 Å². The first kappa shape index (κ1) is 19.1. The molecule has 1 aromatic heterocycles. The molecule has 0 saturated heterocycles. The smallest absolute Gasteiger partial charge is 0.226 e. The van der Waals surface area contributed by atoms with Crippen LogP contribution in [0.15, 0.2) is 89.2 Å². The quantitative estimate of drug-likeness (QED) is 0.407. The van der Waals surface area contributed by atoms with Gasteiger partial charge in [-0.1, -0.05) is 52.3 Å². The fraction of sp³-hybridized carbons (Fsp3) is 0.120. The molecule has 2 aliphatic rings. The van der Waals surface area contributed by atoms with Gasteiger partial charge >= 0.3 is 0 Å². The Morgan fingerprint density at radius 2 is 1.72 bits per heavy atom. The van der Waals surface area contributed by atoms with Gasteiger partial charge in [0.1, 0.15) is 30.0 Å². The number of nitrogens with zero attached hydrogens (tertiary/aromatic N) is 3. The van der Waals surface area contributed by atoms with Crippen molar-refractivity contribution in [2.75, 3.05) is 12.4 Å². The zero-order chi connectivity index (χ0) is 21.7. The summed E-state index contributed by atoms with van der Waals surface area (Å²) in [6, 6.07) is 24.3. The summed E-state index contributed by atoms with van der Waals surface area (Å²) in [5.74, 6) is 2.36. The summed E-state index contributed by atoms with van der Waals surface area (Å²) in [7, 11) is 1.67. The summed E-state index contributed by atoms with van der Waals surface area (Å²) in [5.41, 5.74) is 5.27. The van der Waals surface area contributed by atoms with Crippen molar-refractivity contribution in [1.82, 2.24) is 14.8 Å². The first-order chi connectivity index (χ1) is 15.7. The first-order valence-corrected chi connectivity index (χ1v) is 11.1. The highest BCUT2D eigenvalue weighted by Gasteiger charge is 2.40. The van der Waals surface area contributed by atoms with Gasteiger partial charge in [0.2, 0.25) is 5.95 Å². The lowest BCUT2D eigenvalue weighted by Crippen LogP contribution is -2.32. The van der Waals surface area contributed by atoms with Crippen molar-refractivity contribution in [2.24, 2.45) is 0 Å². The summed E-state index contributed by atoms with van der Waals surface area (Å²) in [6.07, 6.45) is 1.29. The van der Waals surface area contributed by atoms with Crippen LogP contribution in [0.5, 0.6) is 11.5 Å². The molecule has 6 rings (SSSR count). The highest BCUT2D eigenvalue weighted by molar-refractivity contribution is 9.10. The molecule has 6 nitrogen and oxygen atoms in total. The van der Waals surface area contributed by atoms with Gasteiger partial charge in [-0.3, -0.25) is 0 Å². The molecule has 0 spiro atoms. The number of rotatable bonds is 3. The van der Waals surface area contributed by atoms with Gasteiger partial charge in [0.05, 0.1) is 12.8 Å². The number of halogens is 1. The third-order valence-electron chi connectivity index (χ3n) is 5.93. The standard InChI is InChI=1S/C25H19BrN4O2/c1-31-18-12-8-15(9-13-18)23-21-22(29-25-27-14-28-30(23)25)19-4-2-3-5-20(19)32-24(21)16-6-10-17(26)11-7-16/h2-14,23-24H,1H3,(H,27,28,29)/t23-,24-/m1/s1. The lowest BCUT2D eigenvalue weighted by Gasteiger charge is -2.39. The molecule has 1 N–H and O–H groups in total. The zero-order valence-electron chi connectivity index (χ0n) is 17.2. The molecule has 2 atom stereocenters. The molecule has 32 heavy (non-hydrogen) atoms. The molecule has 2 aliphatic heterocycles. The van der Waals surface area contributed by atoms with Gasteiger partial charge in [-0.2, -0.15) is 10.1 Å². The number of aromatic nitrogens is 3. The van der Waals surface area contributed by atoms with Gasteiger partial charge in [-0.05, 0) is 47.5 Å². The normalized spacial score (nSPS) is 18.7. The summed E-state index contributed by atoms with van der Waals surface area (Å²) < 4.78 is 14.9. The topological polar surface area (TPSA) is 61.2 Å². The predicted octanol–water partition coefficient (Wildman–Crippen LogP) is 5.61. The summed E-state index contributed by atoms with van der Waals surface area (Å²) in [4.78, 5) is 4.47. The minimum atomic E-state index is -0.287. The highest BCUT2D eigenvalue weighted by Crippen LogP contribution is 2.50. The molecule has 0 unspecified atom stereocenters. The molecule has 0 saturated carbocycles. The molecule has 3 aromatic carbocycles. The van der Waals surface area contributed by atoms with Crippen LogP contribution < -0.4 is 14.8 Å². The Balaban J connectivity index is 1.60. The van der Waals surface area contributed by atoms with Crippen molar-refractivity contribution < 1.29 is 9.47 Å². The van der Waals surface area contributed by atoms with E-state index in [4.69, 9.17) is 9.47 Å². The van der Waals surface area contributed by atoms with Crippen molar-refractivity contribution in [1.29, 1.82) is 0 Å². The van der Waals surface area contributed by atoms with E-state index in [9.17, 15) is 0 Å². The molecule has 0 fully saturated rings. The van der Waals surface area contributed by atoms with E-state index in [1.807, 2.05) is 47.1 Å². The second-order valence-electron chi connectivity index (χ2n) is 7.70. The van der Waals surface area contributed by atoms with E-state index in [-0.39, 0.29) is 12.1 Å². The van der Waals surface area contributed by atoms with Crippen LogP contribution in [0.2, 0.25) is 0 Å². The largest absolute Gasteiger partial charge is 0.497 e. The van der Waals surface area contributed by atoms with Crippen LogP contribution in [0.1, 0.15) is 28.8 Å². The van der Waals surface area contributed by atoms with E-state index in [2.05, 4.69) is 61.7 Å². The van der Waals surface area contributed by atoms with Gasteiger partial charge in [-0.25, -0.2) is 4.68 Å². The van der Waals surface area contributed by atoms with Crippen LogP contribution in [0.25, 0.3) is 5.70 Å². The Morgan fingerprint density at radius 1 is 0.969 bits per heavy atom. The van der Waals surface area contributed by atoms with Crippen molar-refractivity contribution in [3.63, 3.8) is 0 Å².